The van der Waals surface area contributed by atoms with Gasteiger partial charge in [0.2, 0.25) is 0 Å². The van der Waals surface area contributed by atoms with Gasteiger partial charge in [-0.05, 0) is 6.54 Å². The average molecular weight is 200 g/mol. The molecule has 2 nitrogen and oxygen atoms in total. The van der Waals surface area contributed by atoms with Crippen LogP contribution in [-0.4, -0.2) is 13.2 Å². The van der Waals surface area contributed by atoms with Crippen LogP contribution in [0.15, 0.2) is 0 Å². The highest BCUT2D eigenvalue weighted by Crippen LogP contribution is 1.60. The SMILES string of the molecule is CCNCNI. The maximum atomic E-state index is 3.08. The standard InChI is InChI=1S/C3H9IN2/c1-2-5-3-6-4/h5-6H,2-3H2,1H3. The summed E-state index contributed by atoms with van der Waals surface area (Å²) in [5.74, 6) is 0. The zero-order valence-corrected chi connectivity index (χ0v) is 5.95. The highest BCUT2D eigenvalue weighted by atomic mass is 127. The van der Waals surface area contributed by atoms with E-state index in [1.165, 1.54) is 0 Å². The normalized spacial score (nSPS) is 9.00. The van der Waals surface area contributed by atoms with Crippen molar-refractivity contribution in [3.8, 4) is 0 Å². The summed E-state index contributed by atoms with van der Waals surface area (Å²) in [5.41, 5.74) is 0. The highest BCUT2D eigenvalue weighted by Gasteiger charge is 1.70. The van der Waals surface area contributed by atoms with E-state index in [2.05, 4.69) is 38.6 Å². The van der Waals surface area contributed by atoms with Gasteiger partial charge < -0.3 is 5.32 Å². The molecule has 38 valence electrons. The molecule has 0 aromatic heterocycles. The first-order chi connectivity index (χ1) is 2.91. The summed E-state index contributed by atoms with van der Waals surface area (Å²) in [6.45, 7) is 4.01. The van der Waals surface area contributed by atoms with Gasteiger partial charge in [0.1, 0.15) is 0 Å². The van der Waals surface area contributed by atoms with Gasteiger partial charge >= 0.3 is 0 Å². The third-order valence-corrected chi connectivity index (χ3v) is 0.823. The van der Waals surface area contributed by atoms with E-state index < -0.39 is 0 Å². The molecule has 0 aliphatic heterocycles. The second-order valence-electron chi connectivity index (χ2n) is 0.914. The van der Waals surface area contributed by atoms with Crippen LogP contribution in [0.25, 0.3) is 0 Å². The molecule has 0 saturated carbocycles. The molecule has 0 aromatic rings. The molecule has 0 atom stereocenters. The lowest BCUT2D eigenvalue weighted by molar-refractivity contribution is 0.724. The van der Waals surface area contributed by atoms with E-state index in [4.69, 9.17) is 0 Å². The summed E-state index contributed by atoms with van der Waals surface area (Å²) in [6.07, 6.45) is 0. The molecule has 0 spiro atoms. The maximum absolute atomic E-state index is 3.08. The molecule has 0 amide bonds. The third-order valence-electron chi connectivity index (χ3n) is 0.442. The number of hydrogen-bond donors (Lipinski definition) is 2. The van der Waals surface area contributed by atoms with Crippen molar-refractivity contribution in [2.45, 2.75) is 6.92 Å². The minimum absolute atomic E-state index is 0.900. The first kappa shape index (κ1) is 6.65. The van der Waals surface area contributed by atoms with Gasteiger partial charge in [-0.15, -0.1) is 0 Å². The Balaban J connectivity index is 2.34. The fourth-order valence-corrected chi connectivity index (χ4v) is 0.442. The molecule has 0 heterocycles. The maximum Gasteiger partial charge on any atom is 0.0544 e. The van der Waals surface area contributed by atoms with Crippen LogP contribution in [0.1, 0.15) is 6.92 Å². The molecule has 0 aromatic carbocycles. The van der Waals surface area contributed by atoms with Crippen LogP contribution in [0.4, 0.5) is 0 Å². The second kappa shape index (κ2) is 5.65. The molecule has 0 aliphatic carbocycles. The Hall–Kier alpha value is 0.650. The smallest absolute Gasteiger partial charge is 0.0544 e. The number of rotatable bonds is 3. The van der Waals surface area contributed by atoms with E-state index in [1.807, 2.05) is 0 Å². The van der Waals surface area contributed by atoms with Gasteiger partial charge in [0, 0.05) is 22.9 Å². The van der Waals surface area contributed by atoms with Crippen LogP contribution in [-0.2, 0) is 0 Å². The molecule has 0 radical (unpaired) electrons. The van der Waals surface area contributed by atoms with Crippen molar-refractivity contribution in [1.82, 2.24) is 8.85 Å². The van der Waals surface area contributed by atoms with E-state index in [0.717, 1.165) is 13.2 Å². The highest BCUT2D eigenvalue weighted by molar-refractivity contribution is 14.1. The summed E-state index contributed by atoms with van der Waals surface area (Å²) in [4.78, 5) is 0. The van der Waals surface area contributed by atoms with Crippen molar-refractivity contribution in [2.24, 2.45) is 0 Å². The largest absolute Gasteiger partial charge is 0.304 e. The van der Waals surface area contributed by atoms with Crippen molar-refractivity contribution in [3.05, 3.63) is 0 Å². The van der Waals surface area contributed by atoms with Crippen LogP contribution < -0.4 is 8.85 Å². The Labute approximate surface area is 52.2 Å². The zero-order valence-electron chi connectivity index (χ0n) is 3.79. The molecule has 3 heteroatoms. The average Bonchev–Trinajstić information content (AvgIpc) is 1.61. The minimum Gasteiger partial charge on any atom is -0.304 e. The Morgan fingerprint density at radius 3 is 2.50 bits per heavy atom. The van der Waals surface area contributed by atoms with E-state index in [0.29, 0.717) is 0 Å². The fourth-order valence-electron chi connectivity index (χ4n) is 0.172. The van der Waals surface area contributed by atoms with Gasteiger partial charge in [-0.3, -0.25) is 0 Å². The Kier molecular flexibility index (Phi) is 6.26. The monoisotopic (exact) mass is 200 g/mol. The zero-order chi connectivity index (χ0) is 4.83. The number of nitrogens with one attached hydrogen (secondary N) is 2. The molecule has 2 N–H and O–H groups in total. The third kappa shape index (κ3) is 4.65. The van der Waals surface area contributed by atoms with Gasteiger partial charge in [0.25, 0.3) is 0 Å². The van der Waals surface area contributed by atoms with Crippen LogP contribution in [0.2, 0.25) is 0 Å². The van der Waals surface area contributed by atoms with Crippen LogP contribution in [0, 0.1) is 0 Å². The fraction of sp³-hybridized carbons (Fsp3) is 1.00. The summed E-state index contributed by atoms with van der Waals surface area (Å²) < 4.78 is 2.93. The summed E-state index contributed by atoms with van der Waals surface area (Å²) in [5, 5.41) is 3.08. The van der Waals surface area contributed by atoms with E-state index in [1.54, 1.807) is 0 Å². The van der Waals surface area contributed by atoms with Crippen LogP contribution >= 0.6 is 22.9 Å². The quantitative estimate of drug-likeness (QED) is 0.300. The van der Waals surface area contributed by atoms with Gasteiger partial charge in [-0.1, -0.05) is 6.92 Å². The predicted octanol–water partition coefficient (Wildman–Crippen LogP) is 0.493. The van der Waals surface area contributed by atoms with Crippen molar-refractivity contribution in [2.75, 3.05) is 13.2 Å². The first-order valence-electron chi connectivity index (χ1n) is 1.96. The van der Waals surface area contributed by atoms with Crippen molar-refractivity contribution >= 4 is 22.9 Å². The molecule has 0 rings (SSSR count). The number of hydrogen-bond acceptors (Lipinski definition) is 2. The molecule has 0 bridgehead atoms. The summed E-state index contributed by atoms with van der Waals surface area (Å²) in [6, 6.07) is 0. The topological polar surface area (TPSA) is 24.1 Å². The van der Waals surface area contributed by atoms with Gasteiger partial charge in [0.15, 0.2) is 0 Å². The summed E-state index contributed by atoms with van der Waals surface area (Å²) in [7, 11) is 0. The van der Waals surface area contributed by atoms with E-state index >= 15 is 0 Å². The molecule has 0 fully saturated rings. The van der Waals surface area contributed by atoms with Crippen molar-refractivity contribution in [3.63, 3.8) is 0 Å². The van der Waals surface area contributed by atoms with Crippen LogP contribution in [0.3, 0.4) is 0 Å². The summed E-state index contributed by atoms with van der Waals surface area (Å²) >= 11 is 2.10. The minimum atomic E-state index is 0.900. The molecular weight excluding hydrogens is 191 g/mol. The predicted molar refractivity (Wildman–Crippen MR) is 35.7 cm³/mol. The van der Waals surface area contributed by atoms with E-state index in [9.17, 15) is 0 Å². The second-order valence-corrected chi connectivity index (χ2v) is 1.68. The van der Waals surface area contributed by atoms with Crippen molar-refractivity contribution < 1.29 is 0 Å². The first-order valence-corrected chi connectivity index (χ1v) is 3.04. The van der Waals surface area contributed by atoms with Crippen molar-refractivity contribution in [1.29, 1.82) is 0 Å². The molecule has 6 heavy (non-hydrogen) atoms. The lowest BCUT2D eigenvalue weighted by Gasteiger charge is -1.92. The Morgan fingerprint density at radius 1 is 1.67 bits per heavy atom. The Morgan fingerprint density at radius 2 is 2.33 bits per heavy atom. The van der Waals surface area contributed by atoms with Gasteiger partial charge in [-0.25, -0.2) is 3.53 Å². The lowest BCUT2D eigenvalue weighted by atomic mass is 10.8. The molecule has 0 saturated heterocycles. The number of halogens is 1. The van der Waals surface area contributed by atoms with Gasteiger partial charge in [0.05, 0.1) is 6.67 Å². The molecule has 0 aliphatic rings. The van der Waals surface area contributed by atoms with E-state index in [-0.39, 0.29) is 0 Å². The molecular formula is C3H9IN2. The van der Waals surface area contributed by atoms with Crippen LogP contribution in [0.5, 0.6) is 0 Å². The lowest BCUT2D eigenvalue weighted by Crippen LogP contribution is -2.21. The Bertz CT molecular complexity index is 20.8. The molecule has 0 unspecified atom stereocenters. The van der Waals surface area contributed by atoms with Gasteiger partial charge in [-0.2, -0.15) is 0 Å².